The van der Waals surface area contributed by atoms with Gasteiger partial charge in [0.05, 0.1) is 36.1 Å². The molecular formula is C27H27N5O4. The summed E-state index contributed by atoms with van der Waals surface area (Å²) >= 11 is 0. The van der Waals surface area contributed by atoms with E-state index in [-0.39, 0.29) is 18.4 Å². The van der Waals surface area contributed by atoms with Crippen LogP contribution in [0, 0.1) is 6.92 Å². The number of anilines is 1. The van der Waals surface area contributed by atoms with Gasteiger partial charge in [-0.1, -0.05) is 42.5 Å². The maximum atomic E-state index is 12.7. The molecule has 0 radical (unpaired) electrons. The van der Waals surface area contributed by atoms with Gasteiger partial charge in [0, 0.05) is 12.8 Å². The Morgan fingerprint density at radius 1 is 1.11 bits per heavy atom. The third-order valence-corrected chi connectivity index (χ3v) is 6.03. The Kier molecular flexibility index (Phi) is 6.90. The third-order valence-electron chi connectivity index (χ3n) is 6.03. The summed E-state index contributed by atoms with van der Waals surface area (Å²) < 4.78 is 13.1. The van der Waals surface area contributed by atoms with Gasteiger partial charge in [0.1, 0.15) is 17.6 Å². The highest BCUT2D eigenvalue weighted by Crippen LogP contribution is 2.29. The molecule has 0 aliphatic carbocycles. The number of hydrogen-bond acceptors (Lipinski definition) is 6. The Labute approximate surface area is 208 Å². The van der Waals surface area contributed by atoms with Gasteiger partial charge >= 0.3 is 0 Å². The molecule has 2 aromatic carbocycles. The second-order valence-corrected chi connectivity index (χ2v) is 8.65. The molecule has 0 spiro atoms. The fraction of sp³-hybridized carbons (Fsp3) is 0.259. The summed E-state index contributed by atoms with van der Waals surface area (Å²) in [4.78, 5) is 29.8. The molecule has 9 heteroatoms. The summed E-state index contributed by atoms with van der Waals surface area (Å²) in [6.07, 6.45) is 4.41. The second-order valence-electron chi connectivity index (χ2n) is 8.65. The van der Waals surface area contributed by atoms with E-state index in [1.165, 1.54) is 0 Å². The van der Waals surface area contributed by atoms with E-state index in [0.29, 0.717) is 53.7 Å². The zero-order valence-electron chi connectivity index (χ0n) is 19.9. The van der Waals surface area contributed by atoms with Crippen LogP contribution >= 0.6 is 0 Å². The van der Waals surface area contributed by atoms with Gasteiger partial charge in [-0.15, -0.1) is 0 Å². The van der Waals surface area contributed by atoms with E-state index in [9.17, 15) is 9.59 Å². The molecule has 184 valence electrons. The minimum Gasteiger partial charge on any atom is -0.441 e. The molecule has 36 heavy (non-hydrogen) atoms. The average molecular weight is 486 g/mol. The molecule has 1 atom stereocenters. The van der Waals surface area contributed by atoms with Crippen LogP contribution in [0.5, 0.6) is 0 Å². The van der Waals surface area contributed by atoms with Gasteiger partial charge in [0.2, 0.25) is 5.89 Å². The number of carbonyl (C=O) groups is 2. The van der Waals surface area contributed by atoms with E-state index >= 15 is 0 Å². The molecule has 1 aliphatic rings. The molecule has 9 nitrogen and oxygen atoms in total. The molecule has 2 amide bonds. The molecule has 2 aromatic heterocycles. The monoisotopic (exact) mass is 485 g/mol. The number of aryl methyl sites for hydroxylation is 1. The number of rotatable bonds is 8. The summed E-state index contributed by atoms with van der Waals surface area (Å²) in [6.45, 7) is 3.18. The largest absolute Gasteiger partial charge is 0.441 e. The van der Waals surface area contributed by atoms with Gasteiger partial charge in [0.25, 0.3) is 11.8 Å². The zero-order valence-corrected chi connectivity index (χ0v) is 19.9. The maximum absolute atomic E-state index is 12.7. The molecule has 0 bridgehead atoms. The van der Waals surface area contributed by atoms with Gasteiger partial charge in [-0.2, -0.15) is 5.10 Å². The van der Waals surface area contributed by atoms with Crippen LogP contribution in [0.4, 0.5) is 5.69 Å². The van der Waals surface area contributed by atoms with Crippen molar-refractivity contribution in [2.75, 3.05) is 11.9 Å². The van der Waals surface area contributed by atoms with Crippen molar-refractivity contribution in [1.29, 1.82) is 0 Å². The fourth-order valence-corrected chi connectivity index (χ4v) is 4.09. The first-order valence-corrected chi connectivity index (χ1v) is 11.9. The van der Waals surface area contributed by atoms with E-state index in [1.807, 2.05) is 48.5 Å². The number of benzene rings is 2. The number of amides is 2. The highest BCUT2D eigenvalue weighted by Gasteiger charge is 2.25. The van der Waals surface area contributed by atoms with Crippen molar-refractivity contribution in [3.63, 3.8) is 0 Å². The molecule has 5 rings (SSSR count). The van der Waals surface area contributed by atoms with Gasteiger partial charge in [-0.25, -0.2) is 4.98 Å². The van der Waals surface area contributed by atoms with E-state index in [0.717, 1.165) is 12.0 Å². The van der Waals surface area contributed by atoms with Crippen molar-refractivity contribution in [3.05, 3.63) is 89.6 Å². The second kappa shape index (κ2) is 10.6. The Hall–Kier alpha value is -4.24. The molecule has 4 aromatic rings. The van der Waals surface area contributed by atoms with E-state index < -0.39 is 6.10 Å². The number of nitrogens with one attached hydrogen (secondary N) is 2. The molecular weight excluding hydrogens is 458 g/mol. The fourth-order valence-electron chi connectivity index (χ4n) is 4.09. The van der Waals surface area contributed by atoms with Gasteiger partial charge < -0.3 is 19.8 Å². The molecule has 3 heterocycles. The lowest BCUT2D eigenvalue weighted by Crippen LogP contribution is -2.27. The average Bonchev–Trinajstić information content (AvgIpc) is 3.65. The molecule has 1 fully saturated rings. The summed E-state index contributed by atoms with van der Waals surface area (Å²) in [5, 5.41) is 10.1. The number of ether oxygens (including phenoxy) is 1. The zero-order chi connectivity index (χ0) is 24.9. The minimum atomic E-state index is -0.438. The van der Waals surface area contributed by atoms with Crippen molar-refractivity contribution in [2.45, 2.75) is 39.0 Å². The number of oxazole rings is 1. The van der Waals surface area contributed by atoms with Crippen molar-refractivity contribution < 1.29 is 18.7 Å². The van der Waals surface area contributed by atoms with Crippen LogP contribution in [0.2, 0.25) is 0 Å². The van der Waals surface area contributed by atoms with Crippen LogP contribution in [0.25, 0.3) is 11.5 Å². The first-order valence-electron chi connectivity index (χ1n) is 11.9. The predicted molar refractivity (Wildman–Crippen MR) is 133 cm³/mol. The smallest absolute Gasteiger partial charge is 0.254 e. The first kappa shape index (κ1) is 23.5. The Balaban J connectivity index is 1.24. The number of para-hydroxylation sites is 1. The standard InChI is InChI=1S/C27H27N5O4/c1-18-23(15-28-25(33)20-14-29-32(17-20)16-19-8-3-2-4-9-19)31-27(36-18)21-10-5-6-11-22(21)30-26(34)24-12-7-13-35-24/h2-6,8-11,14,17,24H,7,12-13,15-16H2,1H3,(H,28,33)(H,30,34). The van der Waals surface area contributed by atoms with E-state index in [1.54, 1.807) is 30.1 Å². The molecule has 1 aliphatic heterocycles. The number of carbonyl (C=O) groups excluding carboxylic acids is 2. The van der Waals surface area contributed by atoms with Gasteiger partial charge in [-0.3, -0.25) is 14.3 Å². The van der Waals surface area contributed by atoms with E-state index in [2.05, 4.69) is 20.7 Å². The van der Waals surface area contributed by atoms with Gasteiger partial charge in [0.15, 0.2) is 0 Å². The Bertz CT molecular complexity index is 1360. The van der Waals surface area contributed by atoms with Crippen molar-refractivity contribution >= 4 is 17.5 Å². The molecule has 1 unspecified atom stereocenters. The lowest BCUT2D eigenvalue weighted by molar-refractivity contribution is -0.124. The van der Waals surface area contributed by atoms with Crippen molar-refractivity contribution in [3.8, 4) is 11.5 Å². The summed E-state index contributed by atoms with van der Waals surface area (Å²) in [6, 6.07) is 17.2. The van der Waals surface area contributed by atoms with Crippen molar-refractivity contribution in [1.82, 2.24) is 20.1 Å². The Morgan fingerprint density at radius 2 is 1.92 bits per heavy atom. The molecule has 0 saturated carbocycles. The molecule has 1 saturated heterocycles. The summed E-state index contributed by atoms with van der Waals surface area (Å²) in [5.41, 5.74) is 3.43. The number of hydrogen-bond donors (Lipinski definition) is 2. The highest BCUT2D eigenvalue weighted by molar-refractivity contribution is 5.97. The summed E-state index contributed by atoms with van der Waals surface area (Å²) in [7, 11) is 0. The van der Waals surface area contributed by atoms with Crippen LogP contribution < -0.4 is 10.6 Å². The van der Waals surface area contributed by atoms with Crippen LogP contribution in [0.3, 0.4) is 0 Å². The normalized spacial score (nSPS) is 15.1. The predicted octanol–water partition coefficient (Wildman–Crippen LogP) is 3.94. The van der Waals surface area contributed by atoms with Crippen LogP contribution in [-0.2, 0) is 22.6 Å². The Morgan fingerprint density at radius 3 is 2.72 bits per heavy atom. The maximum Gasteiger partial charge on any atom is 0.254 e. The van der Waals surface area contributed by atoms with Gasteiger partial charge in [-0.05, 0) is 37.5 Å². The lowest BCUT2D eigenvalue weighted by atomic mass is 10.1. The van der Waals surface area contributed by atoms with E-state index in [4.69, 9.17) is 9.15 Å². The minimum absolute atomic E-state index is 0.177. The molecule has 2 N–H and O–H groups in total. The first-order chi connectivity index (χ1) is 17.6. The summed E-state index contributed by atoms with van der Waals surface area (Å²) in [5.74, 6) is 0.534. The number of aromatic nitrogens is 3. The lowest BCUT2D eigenvalue weighted by Gasteiger charge is -2.12. The van der Waals surface area contributed by atoms with Crippen LogP contribution in [0.1, 0.15) is 40.2 Å². The third kappa shape index (κ3) is 5.36. The van der Waals surface area contributed by atoms with Crippen molar-refractivity contribution in [2.24, 2.45) is 0 Å². The SMILES string of the molecule is Cc1oc(-c2ccccc2NC(=O)C2CCCO2)nc1CNC(=O)c1cnn(Cc2ccccc2)c1. The van der Waals surface area contributed by atoms with Crippen LogP contribution in [-0.4, -0.2) is 39.3 Å². The number of nitrogens with zero attached hydrogens (tertiary/aromatic N) is 3. The topological polar surface area (TPSA) is 111 Å². The van der Waals surface area contributed by atoms with Crippen LogP contribution in [0.15, 0.2) is 71.4 Å². The quantitative estimate of drug-likeness (QED) is 0.391. The highest BCUT2D eigenvalue weighted by atomic mass is 16.5.